The molecule has 4 nitrogen and oxygen atoms in total. The number of ether oxygens (including phenoxy) is 1. The van der Waals surface area contributed by atoms with E-state index in [0.29, 0.717) is 11.5 Å². The minimum Gasteiger partial charge on any atom is -0.396 e. The third kappa shape index (κ3) is 2.42. The van der Waals surface area contributed by atoms with Crippen LogP contribution in [0.2, 0.25) is 0 Å². The second kappa shape index (κ2) is 3.92. The van der Waals surface area contributed by atoms with Gasteiger partial charge in [-0.05, 0) is 5.41 Å². The molecule has 0 aliphatic rings. The summed E-state index contributed by atoms with van der Waals surface area (Å²) in [5.41, 5.74) is 6.06. The first-order valence-electron chi connectivity index (χ1n) is 4.55. The molecule has 0 fully saturated rings. The molecule has 0 aliphatic heterocycles. The first-order valence-corrected chi connectivity index (χ1v) is 4.55. The fourth-order valence-electron chi connectivity index (χ4n) is 1.33. The van der Waals surface area contributed by atoms with Gasteiger partial charge in [-0.25, -0.2) is 9.97 Å². The number of hydrogen-bond donors (Lipinski definition) is 1. The van der Waals surface area contributed by atoms with Crippen molar-refractivity contribution in [3.8, 4) is 0 Å². The molecule has 1 unspecified atom stereocenters. The Bertz CT molecular complexity index is 289. The van der Waals surface area contributed by atoms with Crippen LogP contribution in [0.25, 0.3) is 0 Å². The van der Waals surface area contributed by atoms with Gasteiger partial charge in [0.1, 0.15) is 6.10 Å². The summed E-state index contributed by atoms with van der Waals surface area (Å²) in [5.74, 6) is 0.675. The van der Waals surface area contributed by atoms with Crippen LogP contribution in [-0.4, -0.2) is 17.1 Å². The molecule has 0 saturated heterocycles. The maximum Gasteiger partial charge on any atom is 0.157 e. The van der Waals surface area contributed by atoms with Crippen LogP contribution in [0.15, 0.2) is 12.4 Å². The second-order valence-corrected chi connectivity index (χ2v) is 4.36. The molecule has 0 spiro atoms. The van der Waals surface area contributed by atoms with Gasteiger partial charge < -0.3 is 10.5 Å². The molecule has 1 atom stereocenters. The van der Waals surface area contributed by atoms with E-state index in [2.05, 4.69) is 30.7 Å². The molecule has 0 aromatic carbocycles. The van der Waals surface area contributed by atoms with E-state index in [1.165, 1.54) is 0 Å². The molecule has 14 heavy (non-hydrogen) atoms. The molecular weight excluding hydrogens is 178 g/mol. The lowest BCUT2D eigenvalue weighted by Crippen LogP contribution is -2.22. The first-order chi connectivity index (χ1) is 6.45. The van der Waals surface area contributed by atoms with Crippen molar-refractivity contribution in [2.75, 3.05) is 12.8 Å². The minimum atomic E-state index is -0.108. The lowest BCUT2D eigenvalue weighted by Gasteiger charge is -2.27. The van der Waals surface area contributed by atoms with E-state index >= 15 is 0 Å². The highest BCUT2D eigenvalue weighted by Gasteiger charge is 2.28. The highest BCUT2D eigenvalue weighted by atomic mass is 16.5. The number of rotatable bonds is 2. The van der Waals surface area contributed by atoms with Crippen molar-refractivity contribution in [3.63, 3.8) is 0 Å². The Morgan fingerprint density at radius 2 is 1.79 bits per heavy atom. The van der Waals surface area contributed by atoms with Gasteiger partial charge in [-0.1, -0.05) is 20.8 Å². The van der Waals surface area contributed by atoms with Crippen LogP contribution in [0.3, 0.4) is 0 Å². The highest BCUT2D eigenvalue weighted by Crippen LogP contribution is 2.33. The van der Waals surface area contributed by atoms with Crippen molar-refractivity contribution in [3.05, 3.63) is 18.2 Å². The maximum absolute atomic E-state index is 5.51. The van der Waals surface area contributed by atoms with E-state index in [0.717, 1.165) is 0 Å². The molecule has 1 aromatic rings. The molecule has 0 bridgehead atoms. The summed E-state index contributed by atoms with van der Waals surface area (Å²) in [5, 5.41) is 0. The molecule has 1 rings (SSSR count). The lowest BCUT2D eigenvalue weighted by molar-refractivity contribution is 0.00867. The van der Waals surface area contributed by atoms with Crippen LogP contribution in [-0.2, 0) is 4.74 Å². The second-order valence-electron chi connectivity index (χ2n) is 4.36. The average molecular weight is 195 g/mol. The number of methoxy groups -OCH3 is 1. The Labute approximate surface area is 84.5 Å². The van der Waals surface area contributed by atoms with Crippen molar-refractivity contribution in [2.45, 2.75) is 26.9 Å². The van der Waals surface area contributed by atoms with E-state index in [1.807, 2.05) is 0 Å². The number of nitrogens with zero attached hydrogens (tertiary/aromatic N) is 2. The fraction of sp³-hybridized carbons (Fsp3) is 0.600. The minimum absolute atomic E-state index is 0.0230. The Morgan fingerprint density at radius 1 is 1.29 bits per heavy atom. The van der Waals surface area contributed by atoms with Crippen LogP contribution in [0.1, 0.15) is 32.7 Å². The van der Waals surface area contributed by atoms with Gasteiger partial charge in [0, 0.05) is 7.11 Å². The molecular formula is C10H17N3O. The van der Waals surface area contributed by atoms with Crippen molar-refractivity contribution in [1.82, 2.24) is 9.97 Å². The van der Waals surface area contributed by atoms with Crippen LogP contribution in [0, 0.1) is 5.41 Å². The fourth-order valence-corrected chi connectivity index (χ4v) is 1.33. The average Bonchev–Trinajstić information content (AvgIpc) is 2.07. The van der Waals surface area contributed by atoms with Gasteiger partial charge in [0.05, 0.1) is 18.1 Å². The van der Waals surface area contributed by atoms with Crippen LogP contribution in [0.5, 0.6) is 0 Å². The number of nitrogens with two attached hydrogens (primary N) is 1. The van der Waals surface area contributed by atoms with E-state index < -0.39 is 0 Å². The molecule has 2 N–H and O–H groups in total. The SMILES string of the molecule is COC(c1ncc(N)cn1)C(C)(C)C. The third-order valence-electron chi connectivity index (χ3n) is 1.95. The predicted molar refractivity (Wildman–Crippen MR) is 55.6 cm³/mol. The molecule has 1 heterocycles. The predicted octanol–water partition coefficient (Wildman–Crippen LogP) is 1.79. The van der Waals surface area contributed by atoms with Crippen molar-refractivity contribution in [2.24, 2.45) is 5.41 Å². The zero-order valence-electron chi connectivity index (χ0n) is 9.11. The Kier molecular flexibility index (Phi) is 3.06. The molecule has 0 aliphatic carbocycles. The van der Waals surface area contributed by atoms with Gasteiger partial charge in [0.25, 0.3) is 0 Å². The van der Waals surface area contributed by atoms with Gasteiger partial charge in [-0.2, -0.15) is 0 Å². The van der Waals surface area contributed by atoms with Gasteiger partial charge in [0.15, 0.2) is 5.82 Å². The summed E-state index contributed by atoms with van der Waals surface area (Å²) in [4.78, 5) is 8.31. The van der Waals surface area contributed by atoms with E-state index in [9.17, 15) is 0 Å². The van der Waals surface area contributed by atoms with E-state index in [1.54, 1.807) is 19.5 Å². The van der Waals surface area contributed by atoms with E-state index in [-0.39, 0.29) is 11.5 Å². The quantitative estimate of drug-likeness (QED) is 0.781. The molecule has 4 heteroatoms. The van der Waals surface area contributed by atoms with Crippen LogP contribution >= 0.6 is 0 Å². The topological polar surface area (TPSA) is 61.0 Å². The smallest absolute Gasteiger partial charge is 0.157 e. The van der Waals surface area contributed by atoms with Crippen molar-refractivity contribution < 1.29 is 4.74 Å². The summed E-state index contributed by atoms with van der Waals surface area (Å²) >= 11 is 0. The third-order valence-corrected chi connectivity index (χ3v) is 1.95. The largest absolute Gasteiger partial charge is 0.396 e. The molecule has 78 valence electrons. The Morgan fingerprint density at radius 3 is 2.14 bits per heavy atom. The summed E-state index contributed by atoms with van der Waals surface area (Å²) in [6, 6.07) is 0. The summed E-state index contributed by atoms with van der Waals surface area (Å²) in [6.45, 7) is 6.25. The standard InChI is InChI=1S/C10H17N3O/c1-10(2,3)8(14-4)9-12-5-7(11)6-13-9/h5-6,8H,11H2,1-4H3. The van der Waals surface area contributed by atoms with Crippen molar-refractivity contribution in [1.29, 1.82) is 0 Å². The summed E-state index contributed by atoms with van der Waals surface area (Å²) in [6.07, 6.45) is 3.09. The maximum atomic E-state index is 5.51. The monoisotopic (exact) mass is 195 g/mol. The Hall–Kier alpha value is -1.16. The molecule has 0 amide bonds. The summed E-state index contributed by atoms with van der Waals surface area (Å²) in [7, 11) is 1.66. The van der Waals surface area contributed by atoms with Gasteiger partial charge >= 0.3 is 0 Å². The highest BCUT2D eigenvalue weighted by molar-refractivity contribution is 5.30. The number of anilines is 1. The lowest BCUT2D eigenvalue weighted by atomic mass is 9.88. The molecule has 0 saturated carbocycles. The van der Waals surface area contributed by atoms with Gasteiger partial charge in [-0.15, -0.1) is 0 Å². The zero-order chi connectivity index (χ0) is 10.8. The van der Waals surface area contributed by atoms with Crippen LogP contribution < -0.4 is 5.73 Å². The molecule has 0 radical (unpaired) electrons. The number of aromatic nitrogens is 2. The molecule has 1 aromatic heterocycles. The van der Waals surface area contributed by atoms with Gasteiger partial charge in [-0.3, -0.25) is 0 Å². The normalized spacial score (nSPS) is 14.0. The first kappa shape index (κ1) is 10.9. The zero-order valence-corrected chi connectivity index (χ0v) is 9.11. The van der Waals surface area contributed by atoms with Crippen molar-refractivity contribution >= 4 is 5.69 Å². The van der Waals surface area contributed by atoms with Gasteiger partial charge in [0.2, 0.25) is 0 Å². The number of hydrogen-bond acceptors (Lipinski definition) is 4. The summed E-state index contributed by atoms with van der Waals surface area (Å²) < 4.78 is 5.37. The van der Waals surface area contributed by atoms with E-state index in [4.69, 9.17) is 10.5 Å². The van der Waals surface area contributed by atoms with Crippen LogP contribution in [0.4, 0.5) is 5.69 Å². The number of nitrogen functional groups attached to an aromatic ring is 1. The Balaban J connectivity index is 2.96.